The Labute approximate surface area is 233 Å². The third kappa shape index (κ3) is 6.53. The average Bonchev–Trinajstić information content (AvgIpc) is 2.98. The third-order valence-corrected chi connectivity index (χ3v) is 5.98. The number of nitrogens with zero attached hydrogens (tertiary/aromatic N) is 3. The Kier molecular flexibility index (Phi) is 7.95. The van der Waals surface area contributed by atoms with Crippen LogP contribution in [0.15, 0.2) is 102 Å². The topological polar surface area (TPSA) is 107 Å². The van der Waals surface area contributed by atoms with Crippen LogP contribution in [0.4, 0.5) is 20.3 Å². The van der Waals surface area contributed by atoms with Crippen LogP contribution in [0.3, 0.4) is 0 Å². The molecule has 41 heavy (non-hydrogen) atoms. The van der Waals surface area contributed by atoms with Crippen LogP contribution in [0.5, 0.6) is 17.4 Å². The van der Waals surface area contributed by atoms with Crippen LogP contribution in [0, 0.1) is 11.6 Å². The summed E-state index contributed by atoms with van der Waals surface area (Å²) in [5.74, 6) is -0.728. The number of rotatable bonds is 9. The van der Waals surface area contributed by atoms with Gasteiger partial charge in [-0.1, -0.05) is 12.1 Å². The average molecular weight is 556 g/mol. The van der Waals surface area contributed by atoms with E-state index >= 15 is 0 Å². The van der Waals surface area contributed by atoms with E-state index in [2.05, 4.69) is 20.6 Å². The number of halogens is 2. The number of carbonyl (C=O) groups excluding carboxylic acids is 1. The van der Waals surface area contributed by atoms with Gasteiger partial charge in [0.25, 0.3) is 11.5 Å². The van der Waals surface area contributed by atoms with Crippen LogP contribution in [0.25, 0.3) is 5.69 Å². The van der Waals surface area contributed by atoms with Crippen molar-refractivity contribution in [2.75, 3.05) is 17.7 Å². The predicted octanol–water partition coefficient (Wildman–Crippen LogP) is 5.57. The van der Waals surface area contributed by atoms with Crippen LogP contribution < -0.4 is 25.7 Å². The second-order valence-corrected chi connectivity index (χ2v) is 8.72. The number of benzene rings is 3. The molecule has 0 radical (unpaired) electrons. The molecule has 9 nitrogen and oxygen atoms in total. The molecule has 0 saturated carbocycles. The number of methoxy groups -OCH3 is 1. The smallest absolute Gasteiger partial charge is 0.267 e. The molecule has 0 spiro atoms. The third-order valence-electron chi connectivity index (χ3n) is 5.98. The number of nitrogens with one attached hydrogen (secondary N) is 2. The Bertz CT molecular complexity index is 1740. The maximum absolute atomic E-state index is 14.9. The van der Waals surface area contributed by atoms with Gasteiger partial charge in [0, 0.05) is 36.2 Å². The fourth-order valence-corrected chi connectivity index (χ4v) is 3.87. The number of anilines is 2. The van der Waals surface area contributed by atoms with E-state index in [1.165, 1.54) is 71.7 Å². The van der Waals surface area contributed by atoms with Crippen molar-refractivity contribution in [2.45, 2.75) is 6.54 Å². The van der Waals surface area contributed by atoms with Gasteiger partial charge in [0.1, 0.15) is 29.3 Å². The van der Waals surface area contributed by atoms with Crippen molar-refractivity contribution in [3.05, 3.63) is 131 Å². The molecular formula is C30H23F2N5O4. The summed E-state index contributed by atoms with van der Waals surface area (Å²) in [7, 11) is 1.60. The zero-order valence-electron chi connectivity index (χ0n) is 21.7. The van der Waals surface area contributed by atoms with Gasteiger partial charge in [-0.05, 0) is 66.2 Å². The fourth-order valence-electron chi connectivity index (χ4n) is 3.87. The maximum atomic E-state index is 14.9. The van der Waals surface area contributed by atoms with Gasteiger partial charge in [0.05, 0.1) is 7.11 Å². The minimum atomic E-state index is -0.758. The van der Waals surface area contributed by atoms with E-state index < -0.39 is 23.1 Å². The van der Waals surface area contributed by atoms with E-state index in [0.29, 0.717) is 18.1 Å². The second kappa shape index (κ2) is 12.1. The molecule has 11 heteroatoms. The zero-order valence-corrected chi connectivity index (χ0v) is 21.7. The first-order valence-electron chi connectivity index (χ1n) is 12.3. The highest BCUT2D eigenvalue weighted by atomic mass is 19.1. The molecule has 2 aromatic heterocycles. The molecule has 2 heterocycles. The van der Waals surface area contributed by atoms with Crippen molar-refractivity contribution in [3.63, 3.8) is 0 Å². The lowest BCUT2D eigenvalue weighted by Crippen LogP contribution is -2.27. The lowest BCUT2D eigenvalue weighted by Gasteiger charge is -2.11. The molecule has 0 aliphatic heterocycles. The van der Waals surface area contributed by atoms with Gasteiger partial charge < -0.3 is 20.1 Å². The number of hydrogen-bond donors (Lipinski definition) is 2. The molecule has 0 bridgehead atoms. The van der Waals surface area contributed by atoms with E-state index in [-0.39, 0.29) is 22.9 Å². The first-order valence-corrected chi connectivity index (χ1v) is 12.3. The molecule has 1 amide bonds. The molecule has 3 aromatic carbocycles. The van der Waals surface area contributed by atoms with Crippen molar-refractivity contribution >= 4 is 17.4 Å². The van der Waals surface area contributed by atoms with E-state index in [0.717, 1.165) is 17.4 Å². The Balaban J connectivity index is 1.24. The fraction of sp³-hybridized carbons (Fsp3) is 0.0667. The minimum Gasteiger partial charge on any atom is -0.497 e. The molecule has 5 rings (SSSR count). The van der Waals surface area contributed by atoms with Gasteiger partial charge in [-0.15, -0.1) is 0 Å². The Morgan fingerprint density at radius 1 is 0.951 bits per heavy atom. The van der Waals surface area contributed by atoms with Crippen molar-refractivity contribution in [3.8, 4) is 23.1 Å². The summed E-state index contributed by atoms with van der Waals surface area (Å²) in [6.07, 6.45) is 2.75. The number of amides is 1. The summed E-state index contributed by atoms with van der Waals surface area (Å²) in [5.41, 5.74) is 0.717. The Hall–Kier alpha value is -5.58. The summed E-state index contributed by atoms with van der Waals surface area (Å²) in [6, 6.07) is 21.0. The van der Waals surface area contributed by atoms with Crippen LogP contribution in [0.2, 0.25) is 0 Å². The predicted molar refractivity (Wildman–Crippen MR) is 149 cm³/mol. The van der Waals surface area contributed by atoms with E-state index in [9.17, 15) is 18.4 Å². The summed E-state index contributed by atoms with van der Waals surface area (Å²) >= 11 is 0. The summed E-state index contributed by atoms with van der Waals surface area (Å²) < 4.78 is 40.1. The van der Waals surface area contributed by atoms with E-state index in [1.807, 2.05) is 24.3 Å². The molecule has 0 aliphatic carbocycles. The highest BCUT2D eigenvalue weighted by Crippen LogP contribution is 2.27. The summed E-state index contributed by atoms with van der Waals surface area (Å²) in [4.78, 5) is 33.9. The van der Waals surface area contributed by atoms with Gasteiger partial charge in [-0.3, -0.25) is 14.2 Å². The number of ether oxygens (including phenoxy) is 2. The maximum Gasteiger partial charge on any atom is 0.267 e. The summed E-state index contributed by atoms with van der Waals surface area (Å²) in [6.45, 7) is 0.486. The Morgan fingerprint density at radius 3 is 2.46 bits per heavy atom. The van der Waals surface area contributed by atoms with Crippen LogP contribution in [-0.4, -0.2) is 27.6 Å². The summed E-state index contributed by atoms with van der Waals surface area (Å²) in [5, 5.41) is 5.67. The van der Waals surface area contributed by atoms with Gasteiger partial charge in [0.2, 0.25) is 5.88 Å². The molecule has 0 aliphatic rings. The SMILES string of the molecule is COc1ccc(CNc2cc(Oc3ccc(NC(=O)c4cccn(-c5ccc(F)cc5)c4=O)cc3F)ncn2)cc1. The standard InChI is InChI=1S/C30H23F2N5O4/c1-40-23-11-4-19(5-12-23)17-33-27-16-28(35-18-34-27)41-26-13-8-21(15-25(26)32)36-29(38)24-3-2-14-37(30(24)39)22-9-6-20(31)7-10-22/h2-16,18H,17H2,1H3,(H,36,38)(H,33,34,35). The number of hydrogen-bond acceptors (Lipinski definition) is 7. The molecule has 2 N–H and O–H groups in total. The van der Waals surface area contributed by atoms with Crippen molar-refractivity contribution in [1.82, 2.24) is 14.5 Å². The first-order chi connectivity index (χ1) is 19.9. The molecular weight excluding hydrogens is 532 g/mol. The highest BCUT2D eigenvalue weighted by Gasteiger charge is 2.15. The van der Waals surface area contributed by atoms with E-state index in [1.54, 1.807) is 7.11 Å². The van der Waals surface area contributed by atoms with Gasteiger partial charge >= 0.3 is 0 Å². The van der Waals surface area contributed by atoms with Crippen LogP contribution in [0.1, 0.15) is 15.9 Å². The number of aromatic nitrogens is 3. The lowest BCUT2D eigenvalue weighted by molar-refractivity contribution is 0.102. The molecule has 0 unspecified atom stereocenters. The monoisotopic (exact) mass is 555 g/mol. The highest BCUT2D eigenvalue weighted by molar-refractivity contribution is 6.04. The number of carbonyl (C=O) groups is 1. The van der Waals surface area contributed by atoms with Crippen LogP contribution >= 0.6 is 0 Å². The molecule has 206 valence electrons. The second-order valence-electron chi connectivity index (χ2n) is 8.72. The van der Waals surface area contributed by atoms with Crippen molar-refractivity contribution in [2.24, 2.45) is 0 Å². The van der Waals surface area contributed by atoms with Crippen molar-refractivity contribution < 1.29 is 23.0 Å². The van der Waals surface area contributed by atoms with Gasteiger partial charge in [-0.2, -0.15) is 0 Å². The van der Waals surface area contributed by atoms with Crippen LogP contribution in [-0.2, 0) is 6.54 Å². The van der Waals surface area contributed by atoms with Crippen molar-refractivity contribution in [1.29, 1.82) is 0 Å². The van der Waals surface area contributed by atoms with Gasteiger partial charge in [0.15, 0.2) is 11.6 Å². The zero-order chi connectivity index (χ0) is 28.8. The molecule has 5 aromatic rings. The Morgan fingerprint density at radius 2 is 1.73 bits per heavy atom. The normalized spacial score (nSPS) is 10.6. The molecule has 0 fully saturated rings. The minimum absolute atomic E-state index is 0.110. The number of pyridine rings is 1. The lowest BCUT2D eigenvalue weighted by atomic mass is 10.2. The molecule has 0 saturated heterocycles. The largest absolute Gasteiger partial charge is 0.497 e. The van der Waals surface area contributed by atoms with Gasteiger partial charge in [-0.25, -0.2) is 18.7 Å². The first kappa shape index (κ1) is 27.0. The van der Waals surface area contributed by atoms with E-state index in [4.69, 9.17) is 9.47 Å². The molecule has 0 atom stereocenters. The quantitative estimate of drug-likeness (QED) is 0.245.